The third kappa shape index (κ3) is 5.03. The van der Waals surface area contributed by atoms with Gasteiger partial charge < -0.3 is 34.5 Å². The maximum atomic E-state index is 12.9. The van der Waals surface area contributed by atoms with Crippen molar-refractivity contribution in [3.63, 3.8) is 0 Å². The fourth-order valence-corrected chi connectivity index (χ4v) is 5.36. The van der Waals surface area contributed by atoms with Gasteiger partial charge in [-0.15, -0.1) is 0 Å². The van der Waals surface area contributed by atoms with Crippen LogP contribution < -0.4 is 9.80 Å². The van der Waals surface area contributed by atoms with Crippen LogP contribution in [0.15, 0.2) is 42.6 Å². The van der Waals surface area contributed by atoms with Crippen LogP contribution in [0.2, 0.25) is 0 Å². The minimum absolute atomic E-state index is 0.0236. The quantitative estimate of drug-likeness (QED) is 0.532. The van der Waals surface area contributed by atoms with Crippen LogP contribution in [0.3, 0.4) is 0 Å². The Labute approximate surface area is 223 Å². The molecular weight excluding hydrogens is 482 g/mol. The number of piperazine rings is 1. The summed E-state index contributed by atoms with van der Waals surface area (Å²) in [5, 5.41) is 21.8. The minimum Gasteiger partial charge on any atom is -0.507 e. The number of amides is 1. The average molecular weight is 520 g/mol. The predicted octanol–water partition coefficient (Wildman–Crippen LogP) is 4.12. The summed E-state index contributed by atoms with van der Waals surface area (Å²) in [5.41, 5.74) is 3.54. The molecule has 1 aromatic heterocycles. The van der Waals surface area contributed by atoms with E-state index in [0.29, 0.717) is 30.8 Å². The zero-order valence-electron chi connectivity index (χ0n) is 22.8. The molecule has 9 heteroatoms. The van der Waals surface area contributed by atoms with Crippen LogP contribution in [-0.4, -0.2) is 96.1 Å². The number of hydrogen-bond donors (Lipinski definition) is 2. The zero-order chi connectivity index (χ0) is 27.2. The van der Waals surface area contributed by atoms with Gasteiger partial charge >= 0.3 is 6.09 Å². The zero-order valence-corrected chi connectivity index (χ0v) is 22.8. The maximum absolute atomic E-state index is 12.9. The summed E-state index contributed by atoms with van der Waals surface area (Å²) >= 11 is 0. The second kappa shape index (κ2) is 9.87. The summed E-state index contributed by atoms with van der Waals surface area (Å²) in [5.74, 6) is 0.0472. The van der Waals surface area contributed by atoms with Gasteiger partial charge in [-0.25, -0.2) is 4.79 Å². The van der Waals surface area contributed by atoms with E-state index >= 15 is 0 Å². The molecule has 38 heavy (non-hydrogen) atoms. The van der Waals surface area contributed by atoms with Crippen molar-refractivity contribution in [2.75, 3.05) is 63.2 Å². The molecule has 3 aromatic rings. The van der Waals surface area contributed by atoms with E-state index in [4.69, 9.17) is 9.72 Å². The number of rotatable bonds is 4. The number of aromatic nitrogens is 1. The number of aromatic hydroxyl groups is 2. The van der Waals surface area contributed by atoms with Crippen LogP contribution in [0.4, 0.5) is 16.2 Å². The number of hydrogen-bond acceptors (Lipinski definition) is 8. The molecule has 2 aliphatic heterocycles. The summed E-state index contributed by atoms with van der Waals surface area (Å²) in [7, 11) is 4.13. The molecule has 2 aliphatic rings. The molecular formula is C29H37N5O4. The maximum Gasteiger partial charge on any atom is 0.410 e. The SMILES string of the molecule is CN(C)CCN1C[C@H]2CN(C(=O)OC(C)(C)C)CCN2c2c1cnc1cc(-c3c(O)cccc3O)ccc21. The molecule has 0 saturated carbocycles. The molecule has 3 heterocycles. The van der Waals surface area contributed by atoms with Gasteiger partial charge in [0.15, 0.2) is 0 Å². The molecule has 9 nitrogen and oxygen atoms in total. The lowest BCUT2D eigenvalue weighted by molar-refractivity contribution is 0.0215. The Balaban J connectivity index is 1.54. The van der Waals surface area contributed by atoms with E-state index in [1.54, 1.807) is 18.2 Å². The highest BCUT2D eigenvalue weighted by molar-refractivity contribution is 6.01. The molecule has 1 saturated heterocycles. The largest absolute Gasteiger partial charge is 0.507 e. The van der Waals surface area contributed by atoms with E-state index in [1.165, 1.54) is 0 Å². The molecule has 2 aromatic carbocycles. The number of nitrogens with zero attached hydrogens (tertiary/aromatic N) is 5. The second-order valence-corrected chi connectivity index (χ2v) is 11.4. The van der Waals surface area contributed by atoms with Crippen molar-refractivity contribution in [2.24, 2.45) is 0 Å². The van der Waals surface area contributed by atoms with Crippen molar-refractivity contribution in [1.82, 2.24) is 14.8 Å². The lowest BCUT2D eigenvalue weighted by Gasteiger charge is -2.49. The van der Waals surface area contributed by atoms with Crippen LogP contribution in [0.25, 0.3) is 22.0 Å². The summed E-state index contributed by atoms with van der Waals surface area (Å²) < 4.78 is 5.67. The van der Waals surface area contributed by atoms with Gasteiger partial charge in [0.05, 0.1) is 34.7 Å². The first kappa shape index (κ1) is 25.9. The Hall–Kier alpha value is -3.72. The Morgan fingerprint density at radius 1 is 1.11 bits per heavy atom. The van der Waals surface area contributed by atoms with Crippen molar-refractivity contribution >= 4 is 28.4 Å². The number of fused-ring (bicyclic) bond motifs is 5. The number of phenolic OH excluding ortho intramolecular Hbond substituents is 2. The van der Waals surface area contributed by atoms with E-state index in [1.807, 2.05) is 50.1 Å². The molecule has 0 radical (unpaired) electrons. The van der Waals surface area contributed by atoms with Crippen LogP contribution in [0.5, 0.6) is 11.5 Å². The van der Waals surface area contributed by atoms with Crippen molar-refractivity contribution in [2.45, 2.75) is 32.4 Å². The van der Waals surface area contributed by atoms with Crippen LogP contribution in [-0.2, 0) is 4.74 Å². The first-order valence-corrected chi connectivity index (χ1v) is 13.1. The lowest BCUT2D eigenvalue weighted by Crippen LogP contribution is -2.61. The summed E-state index contributed by atoms with van der Waals surface area (Å²) in [4.78, 5) is 26.5. The van der Waals surface area contributed by atoms with Gasteiger partial charge in [0.1, 0.15) is 17.1 Å². The van der Waals surface area contributed by atoms with Crippen LogP contribution >= 0.6 is 0 Å². The van der Waals surface area contributed by atoms with Gasteiger partial charge in [0.25, 0.3) is 0 Å². The van der Waals surface area contributed by atoms with E-state index in [-0.39, 0.29) is 23.6 Å². The van der Waals surface area contributed by atoms with Gasteiger partial charge in [0.2, 0.25) is 0 Å². The molecule has 2 N–H and O–H groups in total. The molecule has 202 valence electrons. The van der Waals surface area contributed by atoms with Gasteiger partial charge in [-0.3, -0.25) is 4.98 Å². The Bertz CT molecular complexity index is 1330. The third-order valence-corrected chi connectivity index (χ3v) is 7.14. The predicted molar refractivity (Wildman–Crippen MR) is 150 cm³/mol. The minimum atomic E-state index is -0.535. The first-order chi connectivity index (χ1) is 18.0. The monoisotopic (exact) mass is 519 g/mol. The second-order valence-electron chi connectivity index (χ2n) is 11.4. The number of carbonyl (C=O) groups is 1. The lowest BCUT2D eigenvalue weighted by atomic mass is 9.98. The summed E-state index contributed by atoms with van der Waals surface area (Å²) in [6.45, 7) is 10.1. The van der Waals surface area contributed by atoms with E-state index in [0.717, 1.165) is 41.9 Å². The highest BCUT2D eigenvalue weighted by atomic mass is 16.6. The molecule has 0 aliphatic carbocycles. The molecule has 1 amide bonds. The van der Waals surface area contributed by atoms with Gasteiger partial charge in [-0.05, 0) is 58.6 Å². The molecule has 1 atom stereocenters. The van der Waals surface area contributed by atoms with Crippen LogP contribution in [0.1, 0.15) is 20.8 Å². The number of benzene rings is 2. The summed E-state index contributed by atoms with van der Waals surface area (Å²) in [6.07, 6.45) is 1.66. The molecule has 1 fully saturated rings. The Morgan fingerprint density at radius 2 is 1.84 bits per heavy atom. The topological polar surface area (TPSA) is 92.6 Å². The molecule has 5 rings (SSSR count). The highest BCUT2D eigenvalue weighted by Crippen LogP contribution is 2.44. The average Bonchev–Trinajstić information content (AvgIpc) is 2.85. The number of pyridine rings is 1. The normalized spacial score (nSPS) is 17.5. The number of phenols is 2. The van der Waals surface area contributed by atoms with Gasteiger partial charge in [-0.2, -0.15) is 0 Å². The van der Waals surface area contributed by atoms with E-state index in [2.05, 4.69) is 28.8 Å². The number of likely N-dealkylation sites (N-methyl/N-ethyl adjacent to an activating group) is 1. The van der Waals surface area contributed by atoms with Gasteiger partial charge in [-0.1, -0.05) is 18.2 Å². The van der Waals surface area contributed by atoms with E-state index in [9.17, 15) is 15.0 Å². The van der Waals surface area contributed by atoms with Crippen LogP contribution in [0, 0.1) is 0 Å². The molecule has 0 spiro atoms. The fraction of sp³-hybridized carbons (Fsp3) is 0.448. The highest BCUT2D eigenvalue weighted by Gasteiger charge is 2.38. The first-order valence-electron chi connectivity index (χ1n) is 13.1. The smallest absolute Gasteiger partial charge is 0.410 e. The Morgan fingerprint density at radius 3 is 2.53 bits per heavy atom. The molecule has 0 bridgehead atoms. The van der Waals surface area contributed by atoms with E-state index < -0.39 is 5.60 Å². The number of ether oxygens (including phenoxy) is 1. The number of carbonyl (C=O) groups excluding carboxylic acids is 1. The summed E-state index contributed by atoms with van der Waals surface area (Å²) in [6, 6.07) is 10.7. The van der Waals surface area contributed by atoms with Gasteiger partial charge in [0, 0.05) is 44.7 Å². The van der Waals surface area contributed by atoms with Crippen molar-refractivity contribution in [1.29, 1.82) is 0 Å². The standard InChI is InChI=1S/C29H37N5O4/c1-29(2,3)38-28(37)33-13-14-34-20(18-33)17-32(12-11-31(4)5)23-16-30-22-15-19(9-10-21(22)27(23)34)26-24(35)7-6-8-25(26)36/h6-10,15-16,20,35-36H,11-14,17-18H2,1-5H3/t20-/m0/s1. The third-order valence-electron chi connectivity index (χ3n) is 7.14. The van der Waals surface area contributed by atoms with Crippen molar-refractivity contribution in [3.05, 3.63) is 42.6 Å². The fourth-order valence-electron chi connectivity index (χ4n) is 5.36. The number of anilines is 2. The molecule has 0 unspecified atom stereocenters. The van der Waals surface area contributed by atoms with Crippen molar-refractivity contribution in [3.8, 4) is 22.6 Å². The van der Waals surface area contributed by atoms with Crippen molar-refractivity contribution < 1.29 is 19.7 Å². The Kier molecular flexibility index (Phi) is 6.73.